The van der Waals surface area contributed by atoms with Crippen LogP contribution in [0.4, 0.5) is 11.5 Å². The third-order valence-corrected chi connectivity index (χ3v) is 5.69. The first-order valence-corrected chi connectivity index (χ1v) is 10.0. The van der Waals surface area contributed by atoms with Gasteiger partial charge in [0.2, 0.25) is 0 Å². The van der Waals surface area contributed by atoms with E-state index in [4.69, 9.17) is 4.74 Å². The fraction of sp³-hybridized carbons (Fsp3) is 0.261. The van der Waals surface area contributed by atoms with E-state index in [1.807, 2.05) is 56.4 Å². The van der Waals surface area contributed by atoms with Gasteiger partial charge >= 0.3 is 0 Å². The van der Waals surface area contributed by atoms with Crippen molar-refractivity contribution in [2.24, 2.45) is 7.05 Å². The van der Waals surface area contributed by atoms with E-state index in [-0.39, 0.29) is 11.7 Å². The first-order valence-electron chi connectivity index (χ1n) is 10.0. The van der Waals surface area contributed by atoms with E-state index in [0.717, 1.165) is 58.0 Å². The molecule has 0 radical (unpaired) electrons. The lowest BCUT2D eigenvalue weighted by atomic mass is 9.99. The van der Waals surface area contributed by atoms with Crippen molar-refractivity contribution in [2.75, 3.05) is 11.9 Å². The van der Waals surface area contributed by atoms with Gasteiger partial charge in [-0.2, -0.15) is 5.10 Å². The minimum absolute atomic E-state index is 0.0301. The number of benzene rings is 1. The average molecular weight is 401 g/mol. The van der Waals surface area contributed by atoms with Crippen molar-refractivity contribution in [3.8, 4) is 11.1 Å². The second-order valence-electron chi connectivity index (χ2n) is 7.82. The van der Waals surface area contributed by atoms with E-state index in [0.29, 0.717) is 5.56 Å². The molecule has 1 aromatic carbocycles. The Labute approximate surface area is 173 Å². The molecule has 0 aliphatic carbocycles. The Hall–Kier alpha value is -3.45. The van der Waals surface area contributed by atoms with Crippen molar-refractivity contribution in [1.29, 1.82) is 0 Å². The minimum Gasteiger partial charge on any atom is -0.372 e. The third kappa shape index (κ3) is 3.17. The predicted molar refractivity (Wildman–Crippen MR) is 117 cm³/mol. The number of pyridine rings is 2. The van der Waals surface area contributed by atoms with E-state index in [1.165, 1.54) is 0 Å². The Morgan fingerprint density at radius 1 is 1.17 bits per heavy atom. The Bertz CT molecular complexity index is 1320. The van der Waals surface area contributed by atoms with Crippen LogP contribution in [0.1, 0.15) is 29.5 Å². The first-order chi connectivity index (χ1) is 14.5. The van der Waals surface area contributed by atoms with Crippen LogP contribution in [-0.4, -0.2) is 26.4 Å². The summed E-state index contributed by atoms with van der Waals surface area (Å²) in [6.07, 6.45) is 2.94. The number of aryl methyl sites for hydroxylation is 3. The molecule has 4 heterocycles. The predicted octanol–water partition coefficient (Wildman–Crippen LogP) is 4.15. The normalized spacial score (nSPS) is 15.9. The van der Waals surface area contributed by atoms with E-state index in [1.54, 1.807) is 11.6 Å². The highest BCUT2D eigenvalue weighted by Gasteiger charge is 2.22. The molecule has 3 aromatic heterocycles. The Morgan fingerprint density at radius 3 is 2.77 bits per heavy atom. The fourth-order valence-corrected chi connectivity index (χ4v) is 3.84. The van der Waals surface area contributed by atoms with Crippen molar-refractivity contribution < 1.29 is 4.74 Å². The number of fused-ring (bicyclic) bond motifs is 1. The maximum absolute atomic E-state index is 13.1. The summed E-state index contributed by atoms with van der Waals surface area (Å²) in [5, 5.41) is 11.6. The van der Waals surface area contributed by atoms with Crippen molar-refractivity contribution in [3.63, 3.8) is 0 Å². The molecule has 7 heteroatoms. The molecule has 1 fully saturated rings. The van der Waals surface area contributed by atoms with Crippen LogP contribution in [0.15, 0.2) is 47.4 Å². The van der Waals surface area contributed by atoms with Crippen LogP contribution in [0.3, 0.4) is 0 Å². The van der Waals surface area contributed by atoms with Gasteiger partial charge in [0.15, 0.2) is 5.82 Å². The summed E-state index contributed by atoms with van der Waals surface area (Å²) in [4.78, 5) is 17.5. The zero-order valence-electron chi connectivity index (χ0n) is 17.2. The van der Waals surface area contributed by atoms with Gasteiger partial charge in [0.1, 0.15) is 6.10 Å². The average Bonchev–Trinajstić information content (AvgIpc) is 3.13. The number of ether oxygens (including phenoxy) is 1. The quantitative estimate of drug-likeness (QED) is 0.537. The molecule has 2 N–H and O–H groups in total. The molecular formula is C23H23N5O2. The number of hydrogen-bond donors (Lipinski definition) is 2. The van der Waals surface area contributed by atoms with Crippen molar-refractivity contribution >= 4 is 22.4 Å². The van der Waals surface area contributed by atoms with E-state index in [2.05, 4.69) is 20.5 Å². The second kappa shape index (κ2) is 7.11. The van der Waals surface area contributed by atoms with E-state index < -0.39 is 0 Å². The molecule has 152 valence electrons. The summed E-state index contributed by atoms with van der Waals surface area (Å²) < 4.78 is 7.19. The topological polar surface area (TPSA) is 84.8 Å². The molecular weight excluding hydrogens is 378 g/mol. The van der Waals surface area contributed by atoms with Gasteiger partial charge in [-0.15, -0.1) is 0 Å². The first kappa shape index (κ1) is 18.6. The van der Waals surface area contributed by atoms with E-state index in [9.17, 15) is 4.79 Å². The molecule has 1 saturated heterocycles. The molecule has 30 heavy (non-hydrogen) atoms. The number of rotatable bonds is 4. The monoisotopic (exact) mass is 401 g/mol. The highest BCUT2D eigenvalue weighted by molar-refractivity contribution is 5.85. The van der Waals surface area contributed by atoms with Gasteiger partial charge in [-0.3, -0.25) is 14.9 Å². The lowest BCUT2D eigenvalue weighted by Gasteiger charge is -2.24. The molecule has 0 spiro atoms. The highest BCUT2D eigenvalue weighted by Crippen LogP contribution is 2.31. The Kier molecular flexibility index (Phi) is 4.40. The van der Waals surface area contributed by atoms with Crippen molar-refractivity contribution in [3.05, 3.63) is 69.9 Å². The molecule has 5 rings (SSSR count). The van der Waals surface area contributed by atoms with Gasteiger partial charge in [-0.25, -0.2) is 0 Å². The molecule has 1 aliphatic heterocycles. The number of hydrogen-bond acceptors (Lipinski definition) is 5. The molecule has 0 bridgehead atoms. The standard InChI is InChI=1S/C23H23N5O2/c1-13-4-5-16(25-22-11-19(26-27-22)21-6-7-30-21)10-17(13)18-9-15-12-24-14(2)8-20(15)28(3)23(18)29/h4-5,8-12,21H,6-7H2,1-3H3,(H2,25,26,27). The minimum atomic E-state index is -0.0301. The van der Waals surface area contributed by atoms with Gasteiger partial charge in [0, 0.05) is 48.1 Å². The lowest BCUT2D eigenvalue weighted by Crippen LogP contribution is -2.19. The van der Waals surface area contributed by atoms with Crippen molar-refractivity contribution in [2.45, 2.75) is 26.4 Å². The van der Waals surface area contributed by atoms with Gasteiger partial charge < -0.3 is 14.6 Å². The molecule has 4 aromatic rings. The molecule has 1 aliphatic rings. The molecule has 0 saturated carbocycles. The van der Waals surface area contributed by atoms with Gasteiger partial charge in [0.25, 0.3) is 5.56 Å². The SMILES string of the molecule is Cc1cc2c(cn1)cc(-c1cc(Nc3cc(C4CCO4)[nH]n3)ccc1C)c(=O)n2C. The summed E-state index contributed by atoms with van der Waals surface area (Å²) in [6.45, 7) is 4.73. The van der Waals surface area contributed by atoms with Crippen LogP contribution in [-0.2, 0) is 11.8 Å². The number of nitrogens with one attached hydrogen (secondary N) is 2. The largest absolute Gasteiger partial charge is 0.372 e. The van der Waals surface area contributed by atoms with Crippen LogP contribution < -0.4 is 10.9 Å². The number of H-pyrrole nitrogens is 1. The second-order valence-corrected chi connectivity index (χ2v) is 7.82. The number of aromatic nitrogens is 4. The molecule has 1 unspecified atom stereocenters. The maximum atomic E-state index is 13.1. The van der Waals surface area contributed by atoms with Gasteiger partial charge in [-0.1, -0.05) is 6.07 Å². The lowest BCUT2D eigenvalue weighted by molar-refractivity contribution is -0.0552. The fourth-order valence-electron chi connectivity index (χ4n) is 3.84. The summed E-state index contributed by atoms with van der Waals surface area (Å²) in [5.74, 6) is 0.724. The number of aromatic amines is 1. The zero-order valence-corrected chi connectivity index (χ0v) is 17.2. The maximum Gasteiger partial charge on any atom is 0.258 e. The number of anilines is 2. The van der Waals surface area contributed by atoms with Crippen LogP contribution in [0.2, 0.25) is 0 Å². The van der Waals surface area contributed by atoms with Crippen molar-refractivity contribution in [1.82, 2.24) is 19.7 Å². The molecule has 1 atom stereocenters. The summed E-state index contributed by atoms with van der Waals surface area (Å²) >= 11 is 0. The van der Waals surface area contributed by atoms with Crippen LogP contribution >= 0.6 is 0 Å². The highest BCUT2D eigenvalue weighted by atomic mass is 16.5. The van der Waals surface area contributed by atoms with Gasteiger partial charge in [0.05, 0.1) is 17.8 Å². The summed E-state index contributed by atoms with van der Waals surface area (Å²) in [6, 6.07) is 11.8. The number of nitrogens with zero attached hydrogens (tertiary/aromatic N) is 3. The van der Waals surface area contributed by atoms with Crippen LogP contribution in [0.5, 0.6) is 0 Å². The Balaban J connectivity index is 1.53. The van der Waals surface area contributed by atoms with Crippen LogP contribution in [0.25, 0.3) is 22.0 Å². The molecule has 0 amide bonds. The zero-order chi connectivity index (χ0) is 20.8. The summed E-state index contributed by atoms with van der Waals surface area (Å²) in [5.41, 5.74) is 6.15. The van der Waals surface area contributed by atoms with Crippen LogP contribution in [0, 0.1) is 13.8 Å². The van der Waals surface area contributed by atoms with Gasteiger partial charge in [-0.05, 0) is 49.2 Å². The van der Waals surface area contributed by atoms with E-state index >= 15 is 0 Å². The third-order valence-electron chi connectivity index (χ3n) is 5.69. The smallest absolute Gasteiger partial charge is 0.258 e. The summed E-state index contributed by atoms with van der Waals surface area (Å²) in [7, 11) is 1.80. The Morgan fingerprint density at radius 2 is 2.00 bits per heavy atom. The molecule has 7 nitrogen and oxygen atoms in total.